The van der Waals surface area contributed by atoms with Crippen LogP contribution in [-0.4, -0.2) is 11.1 Å². The predicted octanol–water partition coefficient (Wildman–Crippen LogP) is 3.01. The van der Waals surface area contributed by atoms with Crippen LogP contribution in [0.25, 0.3) is 10.9 Å². The highest BCUT2D eigenvalue weighted by Gasteiger charge is 2.15. The van der Waals surface area contributed by atoms with E-state index in [0.29, 0.717) is 0 Å². The first-order chi connectivity index (χ1) is 8.29. The van der Waals surface area contributed by atoms with Gasteiger partial charge >= 0.3 is 0 Å². The lowest BCUT2D eigenvalue weighted by Crippen LogP contribution is -2.13. The molecule has 0 atom stereocenters. The van der Waals surface area contributed by atoms with Gasteiger partial charge in [0.2, 0.25) is 0 Å². The van der Waals surface area contributed by atoms with Crippen LogP contribution in [0.15, 0.2) is 18.2 Å². The smallest absolute Gasteiger partial charge is 0.0515 e. The number of benzene rings is 1. The molecule has 1 N–H and O–H groups in total. The normalized spacial score (nSPS) is 14.5. The number of aryl methyl sites for hydroxylation is 3. The van der Waals surface area contributed by atoms with E-state index >= 15 is 0 Å². The summed E-state index contributed by atoms with van der Waals surface area (Å²) in [6.07, 6.45) is 2.52. The quantitative estimate of drug-likeness (QED) is 0.854. The molecule has 0 spiro atoms. The fraction of sp³-hybridized carbons (Fsp3) is 0.467. The summed E-state index contributed by atoms with van der Waals surface area (Å²) in [5.41, 5.74) is 5.85. The molecular weight excluding hydrogens is 208 g/mol. The molecule has 2 heterocycles. The number of rotatable bonds is 3. The zero-order valence-corrected chi connectivity index (χ0v) is 10.7. The monoisotopic (exact) mass is 228 g/mol. The molecule has 17 heavy (non-hydrogen) atoms. The third-order valence-electron chi connectivity index (χ3n) is 3.75. The lowest BCUT2D eigenvalue weighted by atomic mass is 10.0. The lowest BCUT2D eigenvalue weighted by Gasteiger charge is -2.18. The molecule has 0 radical (unpaired) electrons. The van der Waals surface area contributed by atoms with Gasteiger partial charge in [0.25, 0.3) is 0 Å². The summed E-state index contributed by atoms with van der Waals surface area (Å²) < 4.78 is 2.48. The van der Waals surface area contributed by atoms with Gasteiger partial charge in [-0.15, -0.1) is 0 Å². The number of hydrogen-bond acceptors (Lipinski definition) is 1. The van der Waals surface area contributed by atoms with Gasteiger partial charge in [-0.2, -0.15) is 0 Å². The zero-order chi connectivity index (χ0) is 11.8. The summed E-state index contributed by atoms with van der Waals surface area (Å²) >= 11 is 0. The number of aromatic nitrogens is 1. The maximum atomic E-state index is 3.41. The molecule has 1 aromatic carbocycles. The highest BCUT2D eigenvalue weighted by atomic mass is 15.0. The highest BCUT2D eigenvalue weighted by Crippen LogP contribution is 2.29. The molecule has 0 aliphatic carbocycles. The van der Waals surface area contributed by atoms with Crippen molar-refractivity contribution in [3.63, 3.8) is 0 Å². The van der Waals surface area contributed by atoms with Crippen LogP contribution in [0.4, 0.5) is 0 Å². The van der Waals surface area contributed by atoms with E-state index in [2.05, 4.69) is 41.9 Å². The van der Waals surface area contributed by atoms with Crippen LogP contribution >= 0.6 is 0 Å². The van der Waals surface area contributed by atoms with Gasteiger partial charge < -0.3 is 9.88 Å². The van der Waals surface area contributed by atoms with E-state index < -0.39 is 0 Å². The molecule has 3 rings (SSSR count). The van der Waals surface area contributed by atoms with Crippen LogP contribution in [0.1, 0.15) is 30.2 Å². The fourth-order valence-electron chi connectivity index (χ4n) is 2.98. The topological polar surface area (TPSA) is 17.0 Å². The molecule has 0 saturated heterocycles. The molecule has 2 nitrogen and oxygen atoms in total. The Kier molecular flexibility index (Phi) is 2.67. The van der Waals surface area contributed by atoms with Gasteiger partial charge in [-0.25, -0.2) is 0 Å². The third kappa shape index (κ3) is 1.77. The molecule has 1 aliphatic rings. The van der Waals surface area contributed by atoms with Crippen LogP contribution < -0.4 is 5.32 Å². The molecular formula is C15H20N2. The minimum Gasteiger partial charge on any atom is -0.345 e. The highest BCUT2D eigenvalue weighted by molar-refractivity contribution is 5.85. The minimum absolute atomic E-state index is 0.990. The van der Waals surface area contributed by atoms with E-state index in [1.807, 2.05) is 0 Å². The third-order valence-corrected chi connectivity index (χ3v) is 3.75. The van der Waals surface area contributed by atoms with Gasteiger partial charge in [0.05, 0.1) is 5.52 Å². The molecule has 0 unspecified atom stereocenters. The average Bonchev–Trinajstić information content (AvgIpc) is 2.66. The van der Waals surface area contributed by atoms with Crippen molar-refractivity contribution in [3.8, 4) is 0 Å². The maximum Gasteiger partial charge on any atom is 0.0515 e. The Labute approximate surface area is 103 Å². The summed E-state index contributed by atoms with van der Waals surface area (Å²) in [6, 6.07) is 7.07. The second kappa shape index (κ2) is 4.19. The summed E-state index contributed by atoms with van der Waals surface area (Å²) in [5.74, 6) is 0. The first-order valence-electron chi connectivity index (χ1n) is 6.62. The predicted molar refractivity (Wildman–Crippen MR) is 72.4 cm³/mol. The minimum atomic E-state index is 0.990. The molecule has 1 aromatic heterocycles. The van der Waals surface area contributed by atoms with Crippen LogP contribution in [0.5, 0.6) is 0 Å². The first-order valence-corrected chi connectivity index (χ1v) is 6.62. The van der Waals surface area contributed by atoms with Gasteiger partial charge in [-0.3, -0.25) is 0 Å². The number of nitrogens with zero attached hydrogens (tertiary/aromatic N) is 1. The van der Waals surface area contributed by atoms with Crippen molar-refractivity contribution >= 4 is 10.9 Å². The fourth-order valence-corrected chi connectivity index (χ4v) is 2.98. The Morgan fingerprint density at radius 1 is 1.29 bits per heavy atom. The second-order valence-electron chi connectivity index (χ2n) is 5.01. The van der Waals surface area contributed by atoms with E-state index in [-0.39, 0.29) is 0 Å². The average molecular weight is 228 g/mol. The van der Waals surface area contributed by atoms with Gasteiger partial charge in [0, 0.05) is 24.2 Å². The van der Waals surface area contributed by atoms with E-state index in [0.717, 1.165) is 13.1 Å². The second-order valence-corrected chi connectivity index (χ2v) is 5.01. The Bertz CT molecular complexity index is 552. The van der Waals surface area contributed by atoms with Gasteiger partial charge in [-0.05, 0) is 49.6 Å². The van der Waals surface area contributed by atoms with E-state index in [9.17, 15) is 0 Å². The summed E-state index contributed by atoms with van der Waals surface area (Å²) in [6.45, 7) is 7.59. The van der Waals surface area contributed by atoms with Crippen molar-refractivity contribution in [3.05, 3.63) is 35.0 Å². The molecule has 2 aromatic rings. The van der Waals surface area contributed by atoms with Crippen LogP contribution in [0.2, 0.25) is 0 Å². The molecule has 2 heteroatoms. The Hall–Kier alpha value is -1.28. The standard InChI is InChI=1S/C15H20N2/c1-3-16-10-12-8-13-5-4-6-17-11(2)7-14(9-12)15(13)17/h7-9,16H,3-6,10H2,1-2H3. The van der Waals surface area contributed by atoms with Crippen molar-refractivity contribution in [2.24, 2.45) is 0 Å². The Balaban J connectivity index is 2.13. The van der Waals surface area contributed by atoms with Crippen molar-refractivity contribution < 1.29 is 0 Å². The Morgan fingerprint density at radius 3 is 3.00 bits per heavy atom. The van der Waals surface area contributed by atoms with Crippen molar-refractivity contribution in [1.82, 2.24) is 9.88 Å². The number of hydrogen-bond donors (Lipinski definition) is 1. The van der Waals surface area contributed by atoms with Crippen molar-refractivity contribution in [1.29, 1.82) is 0 Å². The van der Waals surface area contributed by atoms with E-state index in [4.69, 9.17) is 0 Å². The lowest BCUT2D eigenvalue weighted by molar-refractivity contribution is 0.622. The molecule has 90 valence electrons. The maximum absolute atomic E-state index is 3.41. The first kappa shape index (κ1) is 10.8. The summed E-state index contributed by atoms with van der Waals surface area (Å²) in [4.78, 5) is 0. The largest absolute Gasteiger partial charge is 0.345 e. The molecule has 0 bridgehead atoms. The van der Waals surface area contributed by atoms with Crippen molar-refractivity contribution in [2.75, 3.05) is 6.54 Å². The zero-order valence-electron chi connectivity index (χ0n) is 10.7. The SMILES string of the molecule is CCNCc1cc2c3c(c1)cc(C)n3CCC2. The summed E-state index contributed by atoms with van der Waals surface area (Å²) in [7, 11) is 0. The summed E-state index contributed by atoms with van der Waals surface area (Å²) in [5, 5.41) is 4.84. The van der Waals surface area contributed by atoms with Gasteiger partial charge in [-0.1, -0.05) is 13.0 Å². The van der Waals surface area contributed by atoms with Crippen molar-refractivity contribution in [2.45, 2.75) is 39.8 Å². The molecule has 0 amide bonds. The molecule has 0 saturated carbocycles. The van der Waals surface area contributed by atoms with Crippen LogP contribution in [0, 0.1) is 6.92 Å². The van der Waals surface area contributed by atoms with Crippen LogP contribution in [-0.2, 0) is 19.5 Å². The van der Waals surface area contributed by atoms with E-state index in [1.165, 1.54) is 47.1 Å². The Morgan fingerprint density at radius 2 is 2.18 bits per heavy atom. The molecule has 1 aliphatic heterocycles. The van der Waals surface area contributed by atoms with Gasteiger partial charge in [0.15, 0.2) is 0 Å². The van der Waals surface area contributed by atoms with Gasteiger partial charge in [0.1, 0.15) is 0 Å². The molecule has 0 fully saturated rings. The van der Waals surface area contributed by atoms with E-state index in [1.54, 1.807) is 0 Å². The number of nitrogens with one attached hydrogen (secondary N) is 1. The van der Waals surface area contributed by atoms with Crippen LogP contribution in [0.3, 0.4) is 0 Å².